The largest absolute Gasteiger partial charge is 0.468 e. The van der Waals surface area contributed by atoms with Crippen molar-refractivity contribution < 1.29 is 9.84 Å². The molecular weight excluding hydrogens is 187 g/mol. The van der Waals surface area contributed by atoms with Crippen LogP contribution in [-0.4, -0.2) is 11.9 Å². The van der Waals surface area contributed by atoms with Crippen LogP contribution in [0.25, 0.3) is 0 Å². The third kappa shape index (κ3) is 2.26. The molecule has 1 aromatic carbocycles. The summed E-state index contributed by atoms with van der Waals surface area (Å²) >= 11 is 11.3. The summed E-state index contributed by atoms with van der Waals surface area (Å²) in [6, 6.07) is 4.78. The Morgan fingerprint density at radius 2 is 2.00 bits per heavy atom. The molecule has 1 aromatic rings. The topological polar surface area (TPSA) is 29.5 Å². The van der Waals surface area contributed by atoms with Gasteiger partial charge in [-0.15, -0.1) is 0 Å². The van der Waals surface area contributed by atoms with Crippen LogP contribution in [0.5, 0.6) is 5.75 Å². The molecule has 0 saturated carbocycles. The zero-order valence-electron chi connectivity index (χ0n) is 5.55. The Morgan fingerprint density at radius 1 is 1.27 bits per heavy atom. The zero-order chi connectivity index (χ0) is 8.27. The molecule has 0 aliphatic rings. The molecule has 0 unspecified atom stereocenters. The highest BCUT2D eigenvalue weighted by molar-refractivity contribution is 6.42. The molecule has 0 amide bonds. The molecule has 0 fully saturated rings. The maximum Gasteiger partial charge on any atom is 0.186 e. The van der Waals surface area contributed by atoms with Gasteiger partial charge in [0.05, 0.1) is 10.0 Å². The predicted octanol–water partition coefficient (Wildman–Crippen LogP) is 2.32. The minimum Gasteiger partial charge on any atom is -0.468 e. The highest BCUT2D eigenvalue weighted by atomic mass is 35.5. The van der Waals surface area contributed by atoms with Crippen molar-refractivity contribution in [2.45, 2.75) is 0 Å². The maximum atomic E-state index is 8.38. The molecule has 11 heavy (non-hydrogen) atoms. The summed E-state index contributed by atoms with van der Waals surface area (Å²) < 4.78 is 4.75. The molecule has 0 aliphatic carbocycles. The van der Waals surface area contributed by atoms with E-state index in [1.54, 1.807) is 18.2 Å². The second-order valence-corrected chi connectivity index (χ2v) is 2.66. The third-order valence-electron chi connectivity index (χ3n) is 1.12. The first kappa shape index (κ1) is 8.65. The van der Waals surface area contributed by atoms with Crippen molar-refractivity contribution in [3.63, 3.8) is 0 Å². The van der Waals surface area contributed by atoms with Gasteiger partial charge in [-0.2, -0.15) is 0 Å². The van der Waals surface area contributed by atoms with E-state index in [4.69, 9.17) is 33.0 Å². The fourth-order valence-corrected chi connectivity index (χ4v) is 0.929. The average molecular weight is 193 g/mol. The first-order valence-electron chi connectivity index (χ1n) is 2.93. The summed E-state index contributed by atoms with van der Waals surface area (Å²) in [5, 5.41) is 9.27. The molecule has 0 radical (unpaired) electrons. The molecule has 0 aliphatic heterocycles. The molecular formula is C7H6Cl2O2. The van der Waals surface area contributed by atoms with Crippen molar-refractivity contribution in [1.29, 1.82) is 0 Å². The van der Waals surface area contributed by atoms with Crippen LogP contribution in [0.4, 0.5) is 0 Å². The normalized spacial score (nSPS) is 9.73. The molecule has 4 heteroatoms. The van der Waals surface area contributed by atoms with E-state index in [9.17, 15) is 0 Å². The molecule has 0 saturated heterocycles. The van der Waals surface area contributed by atoms with Gasteiger partial charge in [0.25, 0.3) is 0 Å². The lowest BCUT2D eigenvalue weighted by atomic mass is 10.3. The first-order valence-corrected chi connectivity index (χ1v) is 3.68. The standard InChI is InChI=1S/C7H6Cl2O2/c8-6-2-1-5(11-4-10)3-7(6)9/h1-3,10H,4H2. The van der Waals surface area contributed by atoms with E-state index in [0.29, 0.717) is 15.8 Å². The number of halogens is 2. The second kappa shape index (κ2) is 3.81. The third-order valence-corrected chi connectivity index (χ3v) is 1.86. The lowest BCUT2D eigenvalue weighted by Gasteiger charge is -2.02. The number of hydrogen-bond donors (Lipinski definition) is 1. The molecule has 0 heterocycles. The number of aliphatic hydroxyl groups excluding tert-OH is 1. The van der Waals surface area contributed by atoms with Gasteiger partial charge in [-0.05, 0) is 12.1 Å². The Labute approximate surface area is 74.3 Å². The molecule has 1 rings (SSSR count). The second-order valence-electron chi connectivity index (χ2n) is 1.85. The summed E-state index contributed by atoms with van der Waals surface area (Å²) in [7, 11) is 0. The Morgan fingerprint density at radius 3 is 2.55 bits per heavy atom. The van der Waals surface area contributed by atoms with Crippen molar-refractivity contribution in [3.05, 3.63) is 28.2 Å². The summed E-state index contributed by atoms with van der Waals surface area (Å²) in [5.41, 5.74) is 0. The highest BCUT2D eigenvalue weighted by Gasteiger charge is 1.98. The van der Waals surface area contributed by atoms with E-state index in [2.05, 4.69) is 0 Å². The molecule has 0 spiro atoms. The summed E-state index contributed by atoms with van der Waals surface area (Å²) in [4.78, 5) is 0. The monoisotopic (exact) mass is 192 g/mol. The zero-order valence-corrected chi connectivity index (χ0v) is 7.06. The van der Waals surface area contributed by atoms with E-state index in [-0.39, 0.29) is 6.79 Å². The van der Waals surface area contributed by atoms with Gasteiger partial charge >= 0.3 is 0 Å². The molecule has 0 aromatic heterocycles. The van der Waals surface area contributed by atoms with Gasteiger partial charge in [-0.3, -0.25) is 0 Å². The highest BCUT2D eigenvalue weighted by Crippen LogP contribution is 2.25. The number of benzene rings is 1. The average Bonchev–Trinajstić information content (AvgIpc) is 1.98. The van der Waals surface area contributed by atoms with E-state index in [1.807, 2.05) is 0 Å². The van der Waals surface area contributed by atoms with Gasteiger partial charge in [0, 0.05) is 6.07 Å². The van der Waals surface area contributed by atoms with Crippen LogP contribution in [0.1, 0.15) is 0 Å². The van der Waals surface area contributed by atoms with Crippen LogP contribution in [0.2, 0.25) is 10.0 Å². The number of aliphatic hydroxyl groups is 1. The van der Waals surface area contributed by atoms with Gasteiger partial charge in [0.1, 0.15) is 5.75 Å². The lowest BCUT2D eigenvalue weighted by molar-refractivity contribution is 0.0986. The van der Waals surface area contributed by atoms with Crippen LogP contribution in [0.15, 0.2) is 18.2 Å². The molecule has 1 N–H and O–H groups in total. The van der Waals surface area contributed by atoms with Crippen molar-refractivity contribution >= 4 is 23.2 Å². The van der Waals surface area contributed by atoms with Crippen LogP contribution in [-0.2, 0) is 0 Å². The van der Waals surface area contributed by atoms with E-state index in [0.717, 1.165) is 0 Å². The SMILES string of the molecule is OCOc1ccc(Cl)c(Cl)c1. The Hall–Kier alpha value is -0.440. The lowest BCUT2D eigenvalue weighted by Crippen LogP contribution is -1.93. The van der Waals surface area contributed by atoms with Crippen LogP contribution < -0.4 is 4.74 Å². The Balaban J connectivity index is 2.86. The number of ether oxygens (including phenoxy) is 1. The van der Waals surface area contributed by atoms with Gasteiger partial charge in [-0.1, -0.05) is 23.2 Å². The van der Waals surface area contributed by atoms with Gasteiger partial charge < -0.3 is 9.84 Å². The van der Waals surface area contributed by atoms with E-state index in [1.165, 1.54) is 0 Å². The van der Waals surface area contributed by atoms with Crippen molar-refractivity contribution in [2.24, 2.45) is 0 Å². The fraction of sp³-hybridized carbons (Fsp3) is 0.143. The summed E-state index contributed by atoms with van der Waals surface area (Å²) in [6.07, 6.45) is 0. The quantitative estimate of drug-likeness (QED) is 0.730. The fourth-order valence-electron chi connectivity index (χ4n) is 0.641. The van der Waals surface area contributed by atoms with Crippen molar-refractivity contribution in [2.75, 3.05) is 6.79 Å². The summed E-state index contributed by atoms with van der Waals surface area (Å²) in [6.45, 7) is -0.363. The van der Waals surface area contributed by atoms with Crippen LogP contribution in [0.3, 0.4) is 0 Å². The number of rotatable bonds is 2. The van der Waals surface area contributed by atoms with Crippen LogP contribution in [0, 0.1) is 0 Å². The Bertz CT molecular complexity index is 250. The molecule has 0 bridgehead atoms. The molecule has 2 nitrogen and oxygen atoms in total. The minimum atomic E-state index is -0.363. The predicted molar refractivity (Wildman–Crippen MR) is 44.2 cm³/mol. The van der Waals surface area contributed by atoms with Crippen molar-refractivity contribution in [3.8, 4) is 5.75 Å². The molecule has 0 atom stereocenters. The smallest absolute Gasteiger partial charge is 0.186 e. The number of hydrogen-bond acceptors (Lipinski definition) is 2. The minimum absolute atomic E-state index is 0.363. The molecule has 60 valence electrons. The van der Waals surface area contributed by atoms with E-state index >= 15 is 0 Å². The van der Waals surface area contributed by atoms with Crippen molar-refractivity contribution in [1.82, 2.24) is 0 Å². The van der Waals surface area contributed by atoms with Gasteiger partial charge in [-0.25, -0.2) is 0 Å². The van der Waals surface area contributed by atoms with Gasteiger partial charge in [0.2, 0.25) is 0 Å². The Kier molecular flexibility index (Phi) is 3.00. The van der Waals surface area contributed by atoms with Gasteiger partial charge in [0.15, 0.2) is 6.79 Å². The first-order chi connectivity index (χ1) is 5.24. The van der Waals surface area contributed by atoms with Crippen LogP contribution >= 0.6 is 23.2 Å². The maximum absolute atomic E-state index is 8.38. The summed E-state index contributed by atoms with van der Waals surface area (Å²) in [5.74, 6) is 0.502. The van der Waals surface area contributed by atoms with E-state index < -0.39 is 0 Å².